The Kier molecular flexibility index (Phi) is 5.29. The highest BCUT2D eigenvalue weighted by atomic mass is 16.2. The molecule has 1 amide bonds. The molecule has 0 N–H and O–H groups in total. The predicted octanol–water partition coefficient (Wildman–Crippen LogP) is 4.13. The van der Waals surface area contributed by atoms with Crippen LogP contribution in [-0.2, 0) is 10.2 Å². The Hall–Kier alpha value is -1.35. The second kappa shape index (κ2) is 7.26. The predicted molar refractivity (Wildman–Crippen MR) is 99.1 cm³/mol. The molecular weight excluding hydrogens is 296 g/mol. The molecule has 0 bridgehead atoms. The van der Waals surface area contributed by atoms with Gasteiger partial charge < -0.3 is 4.90 Å². The first-order valence-corrected chi connectivity index (χ1v) is 9.57. The van der Waals surface area contributed by atoms with E-state index in [9.17, 15) is 4.79 Å². The Balaban J connectivity index is 1.65. The van der Waals surface area contributed by atoms with Gasteiger partial charge in [0.1, 0.15) is 0 Å². The smallest absolute Gasteiger partial charge is 0.236 e. The average Bonchev–Trinajstić information content (AvgIpc) is 3.03. The molecule has 0 spiro atoms. The van der Waals surface area contributed by atoms with E-state index in [2.05, 4.69) is 54.8 Å². The molecule has 1 aromatic rings. The van der Waals surface area contributed by atoms with Crippen molar-refractivity contribution in [1.29, 1.82) is 0 Å². The fourth-order valence-corrected chi connectivity index (χ4v) is 4.02. The summed E-state index contributed by atoms with van der Waals surface area (Å²) in [5.74, 6) is 0.327. The van der Waals surface area contributed by atoms with Crippen molar-refractivity contribution in [3.8, 4) is 0 Å². The van der Waals surface area contributed by atoms with Crippen molar-refractivity contribution in [3.05, 3.63) is 35.4 Å². The Labute approximate surface area is 147 Å². The topological polar surface area (TPSA) is 23.6 Å². The molecule has 0 aromatic heterocycles. The maximum atomic E-state index is 12.6. The number of carbonyl (C=O) groups excluding carboxylic acids is 1. The van der Waals surface area contributed by atoms with Gasteiger partial charge in [-0.05, 0) is 55.2 Å². The van der Waals surface area contributed by atoms with Gasteiger partial charge in [-0.15, -0.1) is 0 Å². The van der Waals surface area contributed by atoms with Crippen LogP contribution in [0.1, 0.15) is 70.0 Å². The quantitative estimate of drug-likeness (QED) is 0.833. The molecule has 3 heteroatoms. The zero-order valence-electron chi connectivity index (χ0n) is 15.6. The Morgan fingerprint density at radius 2 is 1.67 bits per heavy atom. The van der Waals surface area contributed by atoms with Crippen LogP contribution in [0.5, 0.6) is 0 Å². The van der Waals surface area contributed by atoms with Gasteiger partial charge in [0.25, 0.3) is 0 Å². The molecule has 24 heavy (non-hydrogen) atoms. The molecule has 3 rings (SSSR count). The molecule has 0 radical (unpaired) electrons. The molecule has 2 aliphatic rings. The number of carbonyl (C=O) groups is 1. The van der Waals surface area contributed by atoms with E-state index in [1.54, 1.807) is 0 Å². The monoisotopic (exact) mass is 328 g/mol. The highest BCUT2D eigenvalue weighted by Gasteiger charge is 2.29. The van der Waals surface area contributed by atoms with E-state index in [0.29, 0.717) is 18.5 Å². The maximum Gasteiger partial charge on any atom is 0.236 e. The van der Waals surface area contributed by atoms with Crippen LogP contribution in [0, 0.1) is 0 Å². The Bertz CT molecular complexity index is 552. The molecule has 1 unspecified atom stereocenters. The number of likely N-dealkylation sites (tertiary alicyclic amines) is 2. The van der Waals surface area contributed by atoms with Gasteiger partial charge in [-0.25, -0.2) is 0 Å². The van der Waals surface area contributed by atoms with Crippen molar-refractivity contribution in [2.45, 2.75) is 64.3 Å². The molecule has 2 aliphatic heterocycles. The molecule has 1 atom stereocenters. The molecule has 2 saturated heterocycles. The fraction of sp³-hybridized carbons (Fsp3) is 0.667. The number of rotatable bonds is 3. The second-order valence-electron chi connectivity index (χ2n) is 8.44. The summed E-state index contributed by atoms with van der Waals surface area (Å²) in [6.07, 6.45) is 5.98. The SMILES string of the molecule is CC(C)(C)c1ccc(C2CCCN2CC(=O)N2CCCCC2)cc1. The minimum Gasteiger partial charge on any atom is -0.342 e. The Morgan fingerprint density at radius 3 is 2.29 bits per heavy atom. The van der Waals surface area contributed by atoms with Crippen LogP contribution in [0.25, 0.3) is 0 Å². The molecule has 3 nitrogen and oxygen atoms in total. The van der Waals surface area contributed by atoms with Crippen LogP contribution in [0.15, 0.2) is 24.3 Å². The van der Waals surface area contributed by atoms with Crippen LogP contribution in [0.2, 0.25) is 0 Å². The zero-order valence-corrected chi connectivity index (χ0v) is 15.6. The lowest BCUT2D eigenvalue weighted by molar-refractivity contribution is -0.133. The van der Waals surface area contributed by atoms with Gasteiger partial charge in [-0.1, -0.05) is 45.0 Å². The van der Waals surface area contributed by atoms with Crippen molar-refractivity contribution >= 4 is 5.91 Å². The van der Waals surface area contributed by atoms with Gasteiger partial charge in [-0.3, -0.25) is 9.69 Å². The number of amides is 1. The van der Waals surface area contributed by atoms with Crippen LogP contribution < -0.4 is 0 Å². The van der Waals surface area contributed by atoms with E-state index in [4.69, 9.17) is 0 Å². The van der Waals surface area contributed by atoms with Gasteiger partial charge in [-0.2, -0.15) is 0 Å². The van der Waals surface area contributed by atoms with Crippen molar-refractivity contribution in [2.75, 3.05) is 26.2 Å². The molecule has 1 aromatic carbocycles. The number of nitrogens with zero attached hydrogens (tertiary/aromatic N) is 2. The number of benzene rings is 1. The third kappa shape index (κ3) is 4.00. The van der Waals surface area contributed by atoms with Crippen molar-refractivity contribution in [2.24, 2.45) is 0 Å². The van der Waals surface area contributed by atoms with E-state index < -0.39 is 0 Å². The highest BCUT2D eigenvalue weighted by molar-refractivity contribution is 5.78. The third-order valence-electron chi connectivity index (χ3n) is 5.57. The lowest BCUT2D eigenvalue weighted by Gasteiger charge is -2.31. The van der Waals surface area contributed by atoms with Gasteiger partial charge in [0, 0.05) is 19.1 Å². The second-order valence-corrected chi connectivity index (χ2v) is 8.44. The normalized spacial score (nSPS) is 22.8. The standard InChI is InChI=1S/C21H32N2O/c1-21(2,3)18-11-9-17(10-12-18)19-8-7-15-23(19)16-20(24)22-13-5-4-6-14-22/h9-12,19H,4-8,13-16H2,1-3H3. The average molecular weight is 329 g/mol. The van der Waals surface area contributed by atoms with E-state index in [1.807, 2.05) is 0 Å². The van der Waals surface area contributed by atoms with E-state index in [-0.39, 0.29) is 5.41 Å². The maximum absolute atomic E-state index is 12.6. The zero-order chi connectivity index (χ0) is 17.2. The first kappa shape index (κ1) is 17.5. The summed E-state index contributed by atoms with van der Waals surface area (Å²) >= 11 is 0. The lowest BCUT2D eigenvalue weighted by Crippen LogP contribution is -2.42. The van der Waals surface area contributed by atoms with E-state index >= 15 is 0 Å². The minimum absolute atomic E-state index is 0.193. The van der Waals surface area contributed by atoms with Crippen LogP contribution in [-0.4, -0.2) is 41.9 Å². The number of piperidine rings is 1. The molecular formula is C21H32N2O. The van der Waals surface area contributed by atoms with Crippen LogP contribution in [0.3, 0.4) is 0 Å². The molecule has 132 valence electrons. The number of hydrogen-bond donors (Lipinski definition) is 0. The van der Waals surface area contributed by atoms with Crippen molar-refractivity contribution < 1.29 is 4.79 Å². The van der Waals surface area contributed by atoms with Gasteiger partial charge in [0.15, 0.2) is 0 Å². The molecule has 2 heterocycles. The molecule has 2 fully saturated rings. The first-order chi connectivity index (χ1) is 11.4. The summed E-state index contributed by atoms with van der Waals surface area (Å²) in [6, 6.07) is 9.48. The van der Waals surface area contributed by atoms with Crippen molar-refractivity contribution in [1.82, 2.24) is 9.80 Å². The summed E-state index contributed by atoms with van der Waals surface area (Å²) in [4.78, 5) is 17.1. The lowest BCUT2D eigenvalue weighted by atomic mass is 9.86. The van der Waals surface area contributed by atoms with E-state index in [0.717, 1.165) is 19.6 Å². The van der Waals surface area contributed by atoms with E-state index in [1.165, 1.54) is 43.2 Å². The molecule has 0 saturated carbocycles. The fourth-order valence-electron chi connectivity index (χ4n) is 4.02. The summed E-state index contributed by atoms with van der Waals surface area (Å²) in [5, 5.41) is 0. The largest absolute Gasteiger partial charge is 0.342 e. The number of hydrogen-bond acceptors (Lipinski definition) is 2. The van der Waals surface area contributed by atoms with Crippen molar-refractivity contribution in [3.63, 3.8) is 0 Å². The van der Waals surface area contributed by atoms with Gasteiger partial charge in [0.2, 0.25) is 5.91 Å². The third-order valence-corrected chi connectivity index (χ3v) is 5.57. The summed E-state index contributed by atoms with van der Waals surface area (Å²) < 4.78 is 0. The molecule has 0 aliphatic carbocycles. The van der Waals surface area contributed by atoms with Gasteiger partial charge >= 0.3 is 0 Å². The van der Waals surface area contributed by atoms with Gasteiger partial charge in [0.05, 0.1) is 6.54 Å². The summed E-state index contributed by atoms with van der Waals surface area (Å²) in [7, 11) is 0. The first-order valence-electron chi connectivity index (χ1n) is 9.57. The van der Waals surface area contributed by atoms with Crippen LogP contribution in [0.4, 0.5) is 0 Å². The minimum atomic E-state index is 0.193. The highest BCUT2D eigenvalue weighted by Crippen LogP contribution is 2.33. The summed E-state index contributed by atoms with van der Waals surface area (Å²) in [5.41, 5.74) is 2.94. The Morgan fingerprint density at radius 1 is 1.00 bits per heavy atom. The summed E-state index contributed by atoms with van der Waals surface area (Å²) in [6.45, 7) is 10.3. The van der Waals surface area contributed by atoms with Crippen LogP contribution >= 0.6 is 0 Å².